The number of aliphatic hydroxyl groups is 1. The molecule has 0 heterocycles. The molecule has 2 atom stereocenters. The molecule has 0 spiro atoms. The number of ether oxygens (including phenoxy) is 1. The number of halogens is 3. The third-order valence-electron chi connectivity index (χ3n) is 2.50. The second kappa shape index (κ2) is 6.60. The van der Waals surface area contributed by atoms with Gasteiger partial charge in [-0.1, -0.05) is 0 Å². The molecule has 0 aliphatic heterocycles. The normalized spacial score (nSPS) is 15.5. The summed E-state index contributed by atoms with van der Waals surface area (Å²) in [6.45, 7) is 1.20. The molecule has 4 N–H and O–H groups in total. The van der Waals surface area contributed by atoms with E-state index >= 15 is 0 Å². The molecule has 0 bridgehead atoms. The van der Waals surface area contributed by atoms with Crippen molar-refractivity contribution in [3.05, 3.63) is 24.3 Å². The number of rotatable bonds is 6. The van der Waals surface area contributed by atoms with Crippen molar-refractivity contribution in [2.75, 3.05) is 6.54 Å². The molecule has 10 heteroatoms. The van der Waals surface area contributed by atoms with Crippen LogP contribution in [0.25, 0.3) is 0 Å². The van der Waals surface area contributed by atoms with Crippen LogP contribution in [0.5, 0.6) is 5.75 Å². The molecule has 0 aromatic heterocycles. The molecule has 2 unspecified atom stereocenters. The zero-order valence-corrected chi connectivity index (χ0v) is 11.8. The Balaban J connectivity index is 2.76. The first kappa shape index (κ1) is 17.7. The predicted molar refractivity (Wildman–Crippen MR) is 68.0 cm³/mol. The molecule has 120 valence electrons. The molecular weight excluding hydrogens is 313 g/mol. The van der Waals surface area contributed by atoms with Crippen molar-refractivity contribution in [2.45, 2.75) is 30.3 Å². The first-order valence-electron chi connectivity index (χ1n) is 5.80. The van der Waals surface area contributed by atoms with Gasteiger partial charge in [-0.3, -0.25) is 0 Å². The van der Waals surface area contributed by atoms with Crippen molar-refractivity contribution < 1.29 is 31.4 Å². The van der Waals surface area contributed by atoms with E-state index in [0.717, 1.165) is 24.3 Å². The van der Waals surface area contributed by atoms with E-state index in [0.29, 0.717) is 0 Å². The van der Waals surface area contributed by atoms with Crippen LogP contribution in [0.1, 0.15) is 6.92 Å². The lowest BCUT2D eigenvalue weighted by Crippen LogP contribution is -2.43. The number of nitrogens with two attached hydrogens (primary N) is 1. The van der Waals surface area contributed by atoms with Crippen LogP contribution in [0.3, 0.4) is 0 Å². The van der Waals surface area contributed by atoms with Crippen LogP contribution < -0.4 is 15.2 Å². The fraction of sp³-hybridized carbons (Fsp3) is 0.455. The highest BCUT2D eigenvalue weighted by Crippen LogP contribution is 2.23. The fourth-order valence-corrected chi connectivity index (χ4v) is 2.35. The third kappa shape index (κ3) is 5.87. The van der Waals surface area contributed by atoms with Gasteiger partial charge in [-0.05, 0) is 31.2 Å². The molecule has 0 saturated heterocycles. The molecule has 0 amide bonds. The van der Waals surface area contributed by atoms with Crippen molar-refractivity contribution >= 4 is 10.0 Å². The second-order valence-electron chi connectivity index (χ2n) is 4.28. The first-order valence-corrected chi connectivity index (χ1v) is 7.29. The standard InChI is InChI=1S/C11H15F3N2O4S/c1-7(17)10(15)6-16-21(18,19)9-4-2-8(3-5-9)20-11(12,13)14/h2-5,7,10,16-17H,6,15H2,1H3. The number of hydrogen-bond donors (Lipinski definition) is 3. The van der Waals surface area contributed by atoms with Crippen molar-refractivity contribution in [2.24, 2.45) is 5.73 Å². The van der Waals surface area contributed by atoms with E-state index in [9.17, 15) is 21.6 Å². The number of benzene rings is 1. The van der Waals surface area contributed by atoms with Crippen molar-refractivity contribution in [1.82, 2.24) is 4.72 Å². The number of aliphatic hydroxyl groups excluding tert-OH is 1. The van der Waals surface area contributed by atoms with Gasteiger partial charge in [-0.15, -0.1) is 13.2 Å². The molecule has 1 aromatic carbocycles. The van der Waals surface area contributed by atoms with E-state index in [2.05, 4.69) is 9.46 Å². The zero-order valence-electron chi connectivity index (χ0n) is 11.0. The Kier molecular flexibility index (Phi) is 5.56. The minimum absolute atomic E-state index is 0.208. The van der Waals surface area contributed by atoms with E-state index in [4.69, 9.17) is 10.8 Å². The quantitative estimate of drug-likeness (QED) is 0.709. The molecule has 0 aliphatic carbocycles. The van der Waals surface area contributed by atoms with E-state index in [1.165, 1.54) is 6.92 Å². The summed E-state index contributed by atoms with van der Waals surface area (Å²) in [5.41, 5.74) is 5.47. The summed E-state index contributed by atoms with van der Waals surface area (Å²) >= 11 is 0. The van der Waals surface area contributed by atoms with Crippen molar-refractivity contribution in [3.8, 4) is 5.75 Å². The molecule has 0 fully saturated rings. The van der Waals surface area contributed by atoms with Crippen LogP contribution in [0.15, 0.2) is 29.2 Å². The molecule has 21 heavy (non-hydrogen) atoms. The van der Waals surface area contributed by atoms with Gasteiger partial charge < -0.3 is 15.6 Å². The summed E-state index contributed by atoms with van der Waals surface area (Å²) in [7, 11) is -3.93. The van der Waals surface area contributed by atoms with E-state index in [1.807, 2.05) is 0 Å². The van der Waals surface area contributed by atoms with Crippen molar-refractivity contribution in [1.29, 1.82) is 0 Å². The lowest BCUT2D eigenvalue weighted by atomic mass is 10.2. The van der Waals surface area contributed by atoms with Crippen LogP contribution in [0.2, 0.25) is 0 Å². The fourth-order valence-electron chi connectivity index (χ4n) is 1.28. The SMILES string of the molecule is CC(O)C(N)CNS(=O)(=O)c1ccc(OC(F)(F)F)cc1. The van der Waals surface area contributed by atoms with Crippen LogP contribution in [-0.4, -0.2) is 38.6 Å². The summed E-state index contributed by atoms with van der Waals surface area (Å²) in [5.74, 6) is -0.526. The van der Waals surface area contributed by atoms with Gasteiger partial charge in [-0.2, -0.15) is 0 Å². The van der Waals surface area contributed by atoms with Crippen LogP contribution >= 0.6 is 0 Å². The van der Waals surface area contributed by atoms with E-state index < -0.39 is 34.3 Å². The van der Waals surface area contributed by atoms with E-state index in [1.54, 1.807) is 0 Å². The Labute approximate surface area is 119 Å². The second-order valence-corrected chi connectivity index (χ2v) is 6.04. The van der Waals surface area contributed by atoms with Gasteiger partial charge in [0.05, 0.1) is 11.0 Å². The number of nitrogens with one attached hydrogen (secondary N) is 1. The van der Waals surface area contributed by atoms with Crippen LogP contribution in [-0.2, 0) is 10.0 Å². The molecule has 6 nitrogen and oxygen atoms in total. The van der Waals surface area contributed by atoms with E-state index in [-0.39, 0.29) is 11.4 Å². The largest absolute Gasteiger partial charge is 0.573 e. The monoisotopic (exact) mass is 328 g/mol. The Morgan fingerprint density at radius 1 is 1.33 bits per heavy atom. The maximum absolute atomic E-state index is 12.0. The summed E-state index contributed by atoms with van der Waals surface area (Å²) in [6.07, 6.45) is -5.75. The van der Waals surface area contributed by atoms with Crippen LogP contribution in [0, 0.1) is 0 Å². The van der Waals surface area contributed by atoms with Gasteiger partial charge in [0, 0.05) is 12.6 Å². The lowest BCUT2D eigenvalue weighted by Gasteiger charge is -2.15. The summed E-state index contributed by atoms with van der Waals surface area (Å²) in [6, 6.07) is 2.91. The van der Waals surface area contributed by atoms with Gasteiger partial charge in [0.1, 0.15) is 5.75 Å². The van der Waals surface area contributed by atoms with Gasteiger partial charge in [-0.25, -0.2) is 13.1 Å². The zero-order chi connectivity index (χ0) is 16.3. The Hall–Kier alpha value is -1.36. The molecular formula is C11H15F3N2O4S. The summed E-state index contributed by atoms with van der Waals surface area (Å²) < 4.78 is 65.4. The average Bonchev–Trinajstić information content (AvgIpc) is 2.34. The number of sulfonamides is 1. The Bertz CT molecular complexity index is 558. The highest BCUT2D eigenvalue weighted by Gasteiger charge is 2.31. The average molecular weight is 328 g/mol. The van der Waals surface area contributed by atoms with Crippen LogP contribution in [0.4, 0.5) is 13.2 Å². The minimum Gasteiger partial charge on any atom is -0.406 e. The van der Waals surface area contributed by atoms with Gasteiger partial charge in [0.15, 0.2) is 0 Å². The minimum atomic E-state index is -4.84. The Morgan fingerprint density at radius 2 is 1.86 bits per heavy atom. The molecule has 1 rings (SSSR count). The highest BCUT2D eigenvalue weighted by atomic mass is 32.2. The number of alkyl halides is 3. The topological polar surface area (TPSA) is 102 Å². The predicted octanol–water partition coefficient (Wildman–Crippen LogP) is 0.572. The first-order chi connectivity index (χ1) is 9.51. The van der Waals surface area contributed by atoms with Gasteiger partial charge >= 0.3 is 6.36 Å². The highest BCUT2D eigenvalue weighted by molar-refractivity contribution is 7.89. The number of hydrogen-bond acceptors (Lipinski definition) is 5. The lowest BCUT2D eigenvalue weighted by molar-refractivity contribution is -0.274. The maximum Gasteiger partial charge on any atom is 0.573 e. The molecule has 0 aliphatic rings. The maximum atomic E-state index is 12.0. The molecule has 0 saturated carbocycles. The third-order valence-corrected chi connectivity index (χ3v) is 3.94. The molecule has 0 radical (unpaired) electrons. The smallest absolute Gasteiger partial charge is 0.406 e. The Morgan fingerprint density at radius 3 is 2.29 bits per heavy atom. The summed E-state index contributed by atoms with van der Waals surface area (Å²) in [5, 5.41) is 9.15. The van der Waals surface area contributed by atoms with Crippen molar-refractivity contribution in [3.63, 3.8) is 0 Å². The van der Waals surface area contributed by atoms with Gasteiger partial charge in [0.25, 0.3) is 0 Å². The molecule has 1 aromatic rings. The van der Waals surface area contributed by atoms with Gasteiger partial charge in [0.2, 0.25) is 10.0 Å². The summed E-state index contributed by atoms with van der Waals surface area (Å²) in [4.78, 5) is -0.241.